The van der Waals surface area contributed by atoms with Gasteiger partial charge in [0, 0.05) is 31.2 Å². The van der Waals surface area contributed by atoms with E-state index in [2.05, 4.69) is 4.98 Å². The number of fused-ring (bicyclic) bond motifs is 1. The highest BCUT2D eigenvalue weighted by atomic mass is 16.5. The van der Waals surface area contributed by atoms with Crippen molar-refractivity contribution in [2.75, 3.05) is 20.7 Å². The van der Waals surface area contributed by atoms with Gasteiger partial charge in [0.2, 0.25) is 0 Å². The molecule has 0 bridgehead atoms. The zero-order valence-electron chi connectivity index (χ0n) is 10.3. The summed E-state index contributed by atoms with van der Waals surface area (Å²) in [6.45, 7) is -0.245. The number of carbonyl (C=O) groups excluding carboxylic acids is 2. The molecule has 94 valence electrons. The van der Waals surface area contributed by atoms with Crippen LogP contribution in [0.5, 0.6) is 0 Å². The lowest BCUT2D eigenvalue weighted by molar-refractivity contribution is -0.131. The van der Waals surface area contributed by atoms with Gasteiger partial charge < -0.3 is 14.6 Å². The quantitative estimate of drug-likeness (QED) is 0.833. The zero-order valence-corrected chi connectivity index (χ0v) is 10.3. The summed E-state index contributed by atoms with van der Waals surface area (Å²) in [6, 6.07) is 7.43. The molecular weight excluding hydrogens is 232 g/mol. The number of ether oxygens (including phenoxy) is 1. The summed E-state index contributed by atoms with van der Waals surface area (Å²) in [4.78, 5) is 27.5. The Kier molecular flexibility index (Phi) is 3.32. The maximum Gasteiger partial charge on any atom is 0.340 e. The smallest absolute Gasteiger partial charge is 0.340 e. The van der Waals surface area contributed by atoms with Crippen molar-refractivity contribution >= 4 is 22.8 Å². The molecule has 1 amide bonds. The van der Waals surface area contributed by atoms with E-state index in [1.165, 1.54) is 4.90 Å². The van der Waals surface area contributed by atoms with Crippen LogP contribution in [0.2, 0.25) is 0 Å². The molecule has 0 aliphatic carbocycles. The molecule has 0 aliphatic heterocycles. The molecule has 0 saturated carbocycles. The Labute approximate surface area is 104 Å². The first-order chi connectivity index (χ1) is 8.59. The molecule has 0 atom stereocenters. The number of carbonyl (C=O) groups is 2. The maximum atomic E-state index is 11.8. The van der Waals surface area contributed by atoms with Crippen LogP contribution in [0.15, 0.2) is 30.5 Å². The molecular formula is C13H14N2O3. The van der Waals surface area contributed by atoms with Crippen LogP contribution in [0.25, 0.3) is 10.9 Å². The average molecular weight is 246 g/mol. The highest BCUT2D eigenvalue weighted by molar-refractivity contribution is 6.04. The molecule has 0 fully saturated rings. The minimum absolute atomic E-state index is 0.245. The number of benzene rings is 1. The molecule has 0 saturated heterocycles. The Morgan fingerprint density at radius 2 is 2.00 bits per heavy atom. The average Bonchev–Trinajstić information content (AvgIpc) is 2.79. The lowest BCUT2D eigenvalue weighted by Crippen LogP contribution is -2.27. The molecule has 0 unspecified atom stereocenters. The van der Waals surface area contributed by atoms with Crippen LogP contribution in [0.3, 0.4) is 0 Å². The fourth-order valence-electron chi connectivity index (χ4n) is 1.57. The highest BCUT2D eigenvalue weighted by Gasteiger charge is 2.15. The molecule has 5 nitrogen and oxygen atoms in total. The number of esters is 1. The van der Waals surface area contributed by atoms with E-state index < -0.39 is 5.97 Å². The lowest BCUT2D eigenvalue weighted by Gasteiger charge is -2.09. The number of amides is 1. The van der Waals surface area contributed by atoms with E-state index >= 15 is 0 Å². The summed E-state index contributed by atoms with van der Waals surface area (Å²) < 4.78 is 4.97. The van der Waals surface area contributed by atoms with Crippen LogP contribution in [0.4, 0.5) is 0 Å². The van der Waals surface area contributed by atoms with Crippen molar-refractivity contribution < 1.29 is 14.3 Å². The number of H-pyrrole nitrogens is 1. The molecule has 2 rings (SSSR count). The first kappa shape index (κ1) is 12.2. The molecule has 0 spiro atoms. The van der Waals surface area contributed by atoms with Gasteiger partial charge in [-0.3, -0.25) is 4.79 Å². The van der Waals surface area contributed by atoms with E-state index in [1.54, 1.807) is 20.3 Å². The first-order valence-electron chi connectivity index (χ1n) is 5.53. The normalized spacial score (nSPS) is 10.3. The molecule has 18 heavy (non-hydrogen) atoms. The van der Waals surface area contributed by atoms with Crippen molar-refractivity contribution in [2.24, 2.45) is 0 Å². The summed E-state index contributed by atoms with van der Waals surface area (Å²) in [5, 5.41) is 0.791. The monoisotopic (exact) mass is 246 g/mol. The van der Waals surface area contributed by atoms with Gasteiger partial charge in [0.1, 0.15) is 0 Å². The predicted octanol–water partition coefficient (Wildman–Crippen LogP) is 1.41. The van der Waals surface area contributed by atoms with Gasteiger partial charge in [0.05, 0.1) is 5.56 Å². The number of aromatic amines is 1. The van der Waals surface area contributed by atoms with Gasteiger partial charge in [-0.2, -0.15) is 0 Å². The van der Waals surface area contributed by atoms with E-state index in [9.17, 15) is 9.59 Å². The third-order valence-electron chi connectivity index (χ3n) is 2.63. The van der Waals surface area contributed by atoms with Crippen molar-refractivity contribution in [3.63, 3.8) is 0 Å². The van der Waals surface area contributed by atoms with Crippen LogP contribution < -0.4 is 0 Å². The van der Waals surface area contributed by atoms with Gasteiger partial charge in [-0.25, -0.2) is 4.79 Å². The van der Waals surface area contributed by atoms with Crippen LogP contribution in [-0.2, 0) is 9.53 Å². The van der Waals surface area contributed by atoms with Crippen molar-refractivity contribution in [1.82, 2.24) is 9.88 Å². The van der Waals surface area contributed by atoms with Crippen LogP contribution >= 0.6 is 0 Å². The molecule has 0 radical (unpaired) electrons. The molecule has 1 heterocycles. The number of rotatable bonds is 3. The number of nitrogens with one attached hydrogen (secondary N) is 1. The Balaban J connectivity index is 2.12. The zero-order chi connectivity index (χ0) is 13.1. The third kappa shape index (κ3) is 2.34. The van der Waals surface area contributed by atoms with Gasteiger partial charge in [-0.05, 0) is 6.07 Å². The van der Waals surface area contributed by atoms with Gasteiger partial charge >= 0.3 is 5.97 Å². The van der Waals surface area contributed by atoms with Crippen molar-refractivity contribution in [3.8, 4) is 0 Å². The Hall–Kier alpha value is -2.30. The number of aromatic nitrogens is 1. The Morgan fingerprint density at radius 1 is 1.28 bits per heavy atom. The summed E-state index contributed by atoms with van der Waals surface area (Å²) in [5.74, 6) is -0.745. The SMILES string of the molecule is CN(C)C(=O)COC(=O)c1c[nH]c2ccccc12. The number of hydrogen-bond donors (Lipinski definition) is 1. The number of para-hydroxylation sites is 1. The fraction of sp³-hybridized carbons (Fsp3) is 0.231. The molecule has 1 aromatic heterocycles. The molecule has 2 aromatic rings. The molecule has 1 N–H and O–H groups in total. The van der Waals surface area contributed by atoms with E-state index in [0.29, 0.717) is 5.56 Å². The summed E-state index contributed by atoms with van der Waals surface area (Å²) in [6.07, 6.45) is 1.59. The molecule has 0 aliphatic rings. The van der Waals surface area contributed by atoms with E-state index in [0.717, 1.165) is 10.9 Å². The van der Waals surface area contributed by atoms with E-state index in [4.69, 9.17) is 4.74 Å². The third-order valence-corrected chi connectivity index (χ3v) is 2.63. The van der Waals surface area contributed by atoms with Crippen molar-refractivity contribution in [2.45, 2.75) is 0 Å². The maximum absolute atomic E-state index is 11.8. The molecule has 5 heteroatoms. The van der Waals surface area contributed by atoms with Crippen LogP contribution in [0.1, 0.15) is 10.4 Å². The number of likely N-dealkylation sites (N-methyl/N-ethyl adjacent to an activating group) is 1. The highest BCUT2D eigenvalue weighted by Crippen LogP contribution is 2.18. The summed E-state index contributed by atoms with van der Waals surface area (Å²) >= 11 is 0. The largest absolute Gasteiger partial charge is 0.452 e. The van der Waals surface area contributed by atoms with Crippen LogP contribution in [-0.4, -0.2) is 42.5 Å². The fourth-order valence-corrected chi connectivity index (χ4v) is 1.57. The Bertz CT molecular complexity index is 587. The second-order valence-corrected chi connectivity index (χ2v) is 4.11. The predicted molar refractivity (Wildman–Crippen MR) is 67.3 cm³/mol. The van der Waals surface area contributed by atoms with Gasteiger partial charge in [-0.1, -0.05) is 18.2 Å². The van der Waals surface area contributed by atoms with Gasteiger partial charge in [-0.15, -0.1) is 0 Å². The second-order valence-electron chi connectivity index (χ2n) is 4.11. The molecule has 1 aromatic carbocycles. The number of hydrogen-bond acceptors (Lipinski definition) is 3. The van der Waals surface area contributed by atoms with E-state index in [1.807, 2.05) is 24.3 Å². The lowest BCUT2D eigenvalue weighted by atomic mass is 10.2. The minimum Gasteiger partial charge on any atom is -0.452 e. The first-order valence-corrected chi connectivity index (χ1v) is 5.53. The summed E-state index contributed by atoms with van der Waals surface area (Å²) in [7, 11) is 3.23. The second kappa shape index (κ2) is 4.91. The van der Waals surface area contributed by atoms with E-state index in [-0.39, 0.29) is 12.5 Å². The minimum atomic E-state index is -0.498. The van der Waals surface area contributed by atoms with Crippen molar-refractivity contribution in [3.05, 3.63) is 36.0 Å². The number of nitrogens with zero attached hydrogens (tertiary/aromatic N) is 1. The standard InChI is InChI=1S/C13H14N2O3/c1-15(2)12(16)8-18-13(17)10-7-14-11-6-4-3-5-9(10)11/h3-7,14H,8H2,1-2H3. The van der Waals surface area contributed by atoms with Gasteiger partial charge in [0.15, 0.2) is 6.61 Å². The van der Waals surface area contributed by atoms with Gasteiger partial charge in [0.25, 0.3) is 5.91 Å². The van der Waals surface area contributed by atoms with Crippen molar-refractivity contribution in [1.29, 1.82) is 0 Å². The van der Waals surface area contributed by atoms with Crippen LogP contribution in [0, 0.1) is 0 Å². The topological polar surface area (TPSA) is 62.4 Å². The summed E-state index contributed by atoms with van der Waals surface area (Å²) in [5.41, 5.74) is 1.31. The Morgan fingerprint density at radius 3 is 2.72 bits per heavy atom.